The molecular formula is C28H17Br2Cl2NO3S. The molecule has 1 saturated heterocycles. The Kier molecular flexibility index (Phi) is 7.98. The molecule has 0 spiro atoms. The normalized spacial score (nSPS) is 14.7. The first-order valence-electron chi connectivity index (χ1n) is 11.1. The van der Waals surface area contributed by atoms with Crippen LogP contribution in [0.5, 0.6) is 5.75 Å². The van der Waals surface area contributed by atoms with Gasteiger partial charge in [0.1, 0.15) is 12.4 Å². The second-order valence-corrected chi connectivity index (χ2v) is 11.8. The van der Waals surface area contributed by atoms with E-state index in [2.05, 4.69) is 31.9 Å². The predicted octanol–water partition coefficient (Wildman–Crippen LogP) is 9.49. The minimum absolute atomic E-state index is 0.220. The number of nitrogens with zero attached hydrogens (tertiary/aromatic N) is 1. The lowest BCUT2D eigenvalue weighted by Gasteiger charge is -2.14. The molecule has 4 aromatic rings. The van der Waals surface area contributed by atoms with E-state index >= 15 is 0 Å². The Labute approximate surface area is 244 Å². The molecule has 2 amide bonds. The zero-order valence-electron chi connectivity index (χ0n) is 19.0. The second kappa shape index (κ2) is 11.2. The van der Waals surface area contributed by atoms with E-state index in [1.807, 2.05) is 60.7 Å². The number of ether oxygens (including phenoxy) is 1. The number of hydrogen-bond donors (Lipinski definition) is 0. The molecule has 186 valence electrons. The van der Waals surface area contributed by atoms with Crippen LogP contribution in [0.1, 0.15) is 16.7 Å². The van der Waals surface area contributed by atoms with Crippen LogP contribution in [0.15, 0.2) is 86.6 Å². The maximum Gasteiger partial charge on any atom is 0.293 e. The van der Waals surface area contributed by atoms with E-state index in [4.69, 9.17) is 27.9 Å². The highest BCUT2D eigenvalue weighted by Crippen LogP contribution is 2.39. The van der Waals surface area contributed by atoms with Crippen molar-refractivity contribution < 1.29 is 14.3 Å². The first-order valence-corrected chi connectivity index (χ1v) is 14.2. The molecule has 0 N–H and O–H groups in total. The number of fused-ring (bicyclic) bond motifs is 1. The number of halogens is 4. The molecular weight excluding hydrogens is 661 g/mol. The van der Waals surface area contributed by atoms with E-state index in [1.54, 1.807) is 18.2 Å². The lowest BCUT2D eigenvalue weighted by Crippen LogP contribution is -2.27. The van der Waals surface area contributed by atoms with E-state index < -0.39 is 0 Å². The summed E-state index contributed by atoms with van der Waals surface area (Å²) in [5.74, 6) is 0.294. The van der Waals surface area contributed by atoms with E-state index in [-0.39, 0.29) is 17.7 Å². The zero-order valence-corrected chi connectivity index (χ0v) is 24.5. The van der Waals surface area contributed by atoms with Gasteiger partial charge in [-0.2, -0.15) is 0 Å². The highest BCUT2D eigenvalue weighted by atomic mass is 79.9. The average molecular weight is 678 g/mol. The highest BCUT2D eigenvalue weighted by Gasteiger charge is 2.35. The summed E-state index contributed by atoms with van der Waals surface area (Å²) < 4.78 is 7.37. The number of carbonyl (C=O) groups excluding carboxylic acids is 2. The summed E-state index contributed by atoms with van der Waals surface area (Å²) in [4.78, 5) is 27.6. The minimum atomic E-state index is -0.310. The van der Waals surface area contributed by atoms with Crippen LogP contribution in [0.4, 0.5) is 4.79 Å². The summed E-state index contributed by atoms with van der Waals surface area (Å²) in [7, 11) is 0. The van der Waals surface area contributed by atoms with Crippen LogP contribution >= 0.6 is 66.8 Å². The molecule has 4 nitrogen and oxygen atoms in total. The van der Waals surface area contributed by atoms with Crippen molar-refractivity contribution >= 4 is 94.8 Å². The number of carbonyl (C=O) groups is 2. The molecule has 5 rings (SSSR count). The molecule has 0 unspecified atom stereocenters. The fourth-order valence-corrected chi connectivity index (χ4v) is 6.58. The van der Waals surface area contributed by atoms with Crippen LogP contribution in [-0.4, -0.2) is 16.0 Å². The van der Waals surface area contributed by atoms with Crippen LogP contribution in [-0.2, 0) is 17.9 Å². The lowest BCUT2D eigenvalue weighted by atomic mass is 10.0. The van der Waals surface area contributed by atoms with Crippen molar-refractivity contribution in [3.8, 4) is 5.75 Å². The third-order valence-electron chi connectivity index (χ3n) is 5.77. The quantitative estimate of drug-likeness (QED) is 0.191. The van der Waals surface area contributed by atoms with Gasteiger partial charge in [0.15, 0.2) is 0 Å². The summed E-state index contributed by atoms with van der Waals surface area (Å²) in [6.45, 7) is 0.513. The molecule has 4 aromatic carbocycles. The topological polar surface area (TPSA) is 46.6 Å². The monoisotopic (exact) mass is 675 g/mol. The van der Waals surface area contributed by atoms with Crippen LogP contribution in [0.3, 0.4) is 0 Å². The van der Waals surface area contributed by atoms with Gasteiger partial charge in [0.2, 0.25) is 0 Å². The summed E-state index contributed by atoms with van der Waals surface area (Å²) in [5, 5.41) is 2.75. The number of rotatable bonds is 6. The van der Waals surface area contributed by atoms with Crippen molar-refractivity contribution in [1.29, 1.82) is 0 Å². The Morgan fingerprint density at radius 3 is 2.38 bits per heavy atom. The average Bonchev–Trinajstić information content (AvgIpc) is 3.13. The maximum atomic E-state index is 13.2. The Hall–Kier alpha value is -2.29. The van der Waals surface area contributed by atoms with Crippen LogP contribution in [0.25, 0.3) is 16.8 Å². The predicted molar refractivity (Wildman–Crippen MR) is 158 cm³/mol. The minimum Gasteiger partial charge on any atom is -0.487 e. The fraction of sp³-hybridized carbons (Fsp3) is 0.0714. The molecule has 37 heavy (non-hydrogen) atoms. The smallest absolute Gasteiger partial charge is 0.293 e. The number of thioether (sulfide) groups is 1. The third-order valence-corrected chi connectivity index (χ3v) is 8.59. The van der Waals surface area contributed by atoms with Gasteiger partial charge in [-0.15, -0.1) is 0 Å². The highest BCUT2D eigenvalue weighted by molar-refractivity contribution is 9.11. The number of benzene rings is 4. The van der Waals surface area contributed by atoms with Crippen molar-refractivity contribution in [3.05, 3.63) is 113 Å². The zero-order chi connectivity index (χ0) is 26.1. The van der Waals surface area contributed by atoms with Crippen molar-refractivity contribution in [2.75, 3.05) is 0 Å². The summed E-state index contributed by atoms with van der Waals surface area (Å²) in [6, 6.07) is 22.8. The van der Waals surface area contributed by atoms with Crippen molar-refractivity contribution in [2.24, 2.45) is 0 Å². The number of amides is 2. The van der Waals surface area contributed by atoms with Gasteiger partial charge in [0.05, 0.1) is 30.4 Å². The Bertz CT molecular complexity index is 1560. The van der Waals surface area contributed by atoms with Gasteiger partial charge in [0.25, 0.3) is 11.1 Å². The molecule has 0 bridgehead atoms. The standard InChI is InChI=1S/C28H17Br2Cl2NO3S/c29-21-10-17(11-22(30)26(21)36-15-16-8-9-23(31)24(32)12-16)13-25-27(34)33(28(35)37-25)14-19-6-3-5-18-4-1-2-7-20(18)19/h1-13H,14-15H2/b25-13+. The SMILES string of the molecule is O=C1S/C(=C/c2cc(Br)c(OCc3ccc(Cl)c(Cl)c3)c(Br)c2)C(=O)N1Cc1cccc2ccccc12. The lowest BCUT2D eigenvalue weighted by molar-refractivity contribution is -0.123. The van der Waals surface area contributed by atoms with E-state index in [0.29, 0.717) is 36.3 Å². The van der Waals surface area contributed by atoms with Gasteiger partial charge in [-0.1, -0.05) is 71.7 Å². The maximum absolute atomic E-state index is 13.2. The van der Waals surface area contributed by atoms with Gasteiger partial charge in [0, 0.05) is 0 Å². The Morgan fingerprint density at radius 1 is 0.892 bits per heavy atom. The Morgan fingerprint density at radius 2 is 1.62 bits per heavy atom. The van der Waals surface area contributed by atoms with E-state index in [1.165, 1.54) is 4.90 Å². The van der Waals surface area contributed by atoms with Crippen LogP contribution in [0, 0.1) is 0 Å². The molecule has 0 radical (unpaired) electrons. The third kappa shape index (κ3) is 5.76. The first-order chi connectivity index (χ1) is 17.8. The van der Waals surface area contributed by atoms with Gasteiger partial charge >= 0.3 is 0 Å². The summed E-state index contributed by atoms with van der Waals surface area (Å²) >= 11 is 20.1. The molecule has 0 atom stereocenters. The van der Waals surface area contributed by atoms with Crippen LogP contribution < -0.4 is 4.74 Å². The van der Waals surface area contributed by atoms with Gasteiger partial charge in [-0.25, -0.2) is 0 Å². The summed E-state index contributed by atoms with van der Waals surface area (Å²) in [5.41, 5.74) is 2.55. The van der Waals surface area contributed by atoms with Gasteiger partial charge in [-0.3, -0.25) is 14.5 Å². The molecule has 0 aromatic heterocycles. The molecule has 0 saturated carbocycles. The molecule has 1 fully saturated rings. The van der Waals surface area contributed by atoms with Crippen molar-refractivity contribution in [1.82, 2.24) is 4.90 Å². The van der Waals surface area contributed by atoms with Crippen molar-refractivity contribution in [2.45, 2.75) is 13.2 Å². The fourth-order valence-electron chi connectivity index (χ4n) is 3.97. The molecule has 1 aliphatic heterocycles. The molecule has 0 aliphatic carbocycles. The van der Waals surface area contributed by atoms with E-state index in [9.17, 15) is 9.59 Å². The van der Waals surface area contributed by atoms with Crippen LogP contribution in [0.2, 0.25) is 10.0 Å². The van der Waals surface area contributed by atoms with E-state index in [0.717, 1.165) is 39.2 Å². The number of hydrogen-bond acceptors (Lipinski definition) is 4. The largest absolute Gasteiger partial charge is 0.487 e. The van der Waals surface area contributed by atoms with Crippen molar-refractivity contribution in [3.63, 3.8) is 0 Å². The summed E-state index contributed by atoms with van der Waals surface area (Å²) in [6.07, 6.45) is 1.71. The first kappa shape index (κ1) is 26.3. The number of imide groups is 1. The molecule has 1 aliphatic rings. The second-order valence-electron chi connectivity index (χ2n) is 8.26. The Balaban J connectivity index is 1.34. The molecule has 9 heteroatoms. The molecule has 1 heterocycles. The van der Waals surface area contributed by atoms with Gasteiger partial charge in [-0.05, 0) is 101 Å². The van der Waals surface area contributed by atoms with Gasteiger partial charge < -0.3 is 4.74 Å².